The molecule has 0 aliphatic rings. The molecule has 0 unspecified atom stereocenters. The van der Waals surface area contributed by atoms with Crippen LogP contribution in [0.5, 0.6) is 23.0 Å². The van der Waals surface area contributed by atoms with Gasteiger partial charge >= 0.3 is 0 Å². The zero-order valence-electron chi connectivity index (χ0n) is 17.0. The largest absolute Gasteiger partial charge is 0.493 e. The maximum Gasteiger partial charge on any atom is 0.162 e. The van der Waals surface area contributed by atoms with Crippen LogP contribution in [-0.2, 0) is 6.61 Å². The molecule has 2 aromatic heterocycles. The Morgan fingerprint density at radius 3 is 2.43 bits per heavy atom. The zero-order valence-corrected chi connectivity index (χ0v) is 17.0. The van der Waals surface area contributed by atoms with Gasteiger partial charge in [-0.3, -0.25) is 4.98 Å². The Morgan fingerprint density at radius 1 is 0.867 bits per heavy atom. The Kier molecular flexibility index (Phi) is 5.50. The number of ether oxygens (including phenoxy) is 3. The molecule has 6 nitrogen and oxygen atoms in total. The molecule has 2 aromatic carbocycles. The van der Waals surface area contributed by atoms with Crippen LogP contribution in [0.2, 0.25) is 0 Å². The highest BCUT2D eigenvalue weighted by Gasteiger charge is 2.15. The van der Waals surface area contributed by atoms with E-state index < -0.39 is 0 Å². The van der Waals surface area contributed by atoms with Crippen molar-refractivity contribution in [1.82, 2.24) is 9.97 Å². The number of hydrogen-bond donors (Lipinski definition) is 1. The summed E-state index contributed by atoms with van der Waals surface area (Å²) in [5, 5.41) is 10.3. The van der Waals surface area contributed by atoms with Crippen LogP contribution >= 0.6 is 0 Å². The third-order valence-electron chi connectivity index (χ3n) is 4.81. The number of pyridine rings is 2. The van der Waals surface area contributed by atoms with Gasteiger partial charge in [-0.2, -0.15) is 0 Å². The molecule has 152 valence electrons. The molecule has 1 N–H and O–H groups in total. The summed E-state index contributed by atoms with van der Waals surface area (Å²) in [6.45, 7) is 1.90. The molecule has 0 bridgehead atoms. The number of fused-ring (bicyclic) bond motifs is 1. The van der Waals surface area contributed by atoms with Gasteiger partial charge in [0.2, 0.25) is 0 Å². The number of aliphatic hydroxyl groups is 1. The molecule has 0 saturated heterocycles. The second-order valence-electron chi connectivity index (χ2n) is 6.79. The van der Waals surface area contributed by atoms with E-state index in [4.69, 9.17) is 14.2 Å². The minimum atomic E-state index is -0.0353. The van der Waals surface area contributed by atoms with Gasteiger partial charge in [0.25, 0.3) is 0 Å². The van der Waals surface area contributed by atoms with E-state index in [0.29, 0.717) is 28.7 Å². The van der Waals surface area contributed by atoms with Crippen LogP contribution in [0.1, 0.15) is 11.3 Å². The van der Waals surface area contributed by atoms with E-state index in [1.807, 2.05) is 61.5 Å². The average molecular weight is 402 g/mol. The SMILES string of the molecule is COc1cc2nccc(Oc3ccc(C)nc3-c3cccc(CO)c3)c2cc1OC. The van der Waals surface area contributed by atoms with E-state index in [1.165, 1.54) is 0 Å². The van der Waals surface area contributed by atoms with Gasteiger partial charge in [0.05, 0.1) is 26.3 Å². The van der Waals surface area contributed by atoms with E-state index in [1.54, 1.807) is 20.4 Å². The van der Waals surface area contributed by atoms with Gasteiger partial charge in [0.15, 0.2) is 17.2 Å². The van der Waals surface area contributed by atoms with Gasteiger partial charge in [0.1, 0.15) is 11.4 Å². The highest BCUT2D eigenvalue weighted by Crippen LogP contribution is 2.39. The number of aryl methyl sites for hydroxylation is 1. The third kappa shape index (κ3) is 3.77. The predicted molar refractivity (Wildman–Crippen MR) is 115 cm³/mol. The summed E-state index contributed by atoms with van der Waals surface area (Å²) in [4.78, 5) is 9.12. The lowest BCUT2D eigenvalue weighted by atomic mass is 10.1. The average Bonchev–Trinajstić information content (AvgIpc) is 2.79. The van der Waals surface area contributed by atoms with Crippen molar-refractivity contribution in [1.29, 1.82) is 0 Å². The van der Waals surface area contributed by atoms with Crippen molar-refractivity contribution in [2.45, 2.75) is 13.5 Å². The summed E-state index contributed by atoms with van der Waals surface area (Å²) < 4.78 is 17.1. The van der Waals surface area contributed by atoms with Crippen LogP contribution in [0.25, 0.3) is 22.2 Å². The number of aromatic nitrogens is 2. The summed E-state index contributed by atoms with van der Waals surface area (Å²) in [6, 6.07) is 16.9. The van der Waals surface area contributed by atoms with E-state index in [0.717, 1.165) is 27.7 Å². The predicted octanol–water partition coefficient (Wildman–Crippen LogP) is 4.91. The van der Waals surface area contributed by atoms with Gasteiger partial charge in [0, 0.05) is 28.9 Å². The Bertz CT molecular complexity index is 1210. The molecule has 30 heavy (non-hydrogen) atoms. The van der Waals surface area contributed by atoms with Gasteiger partial charge in [-0.1, -0.05) is 18.2 Å². The minimum Gasteiger partial charge on any atom is -0.493 e. The molecule has 0 aliphatic heterocycles. The van der Waals surface area contributed by atoms with Gasteiger partial charge in [-0.05, 0) is 42.8 Å². The third-order valence-corrected chi connectivity index (χ3v) is 4.81. The number of hydrogen-bond acceptors (Lipinski definition) is 6. The summed E-state index contributed by atoms with van der Waals surface area (Å²) >= 11 is 0. The fraction of sp³-hybridized carbons (Fsp3) is 0.167. The molecule has 6 heteroatoms. The molecular weight excluding hydrogens is 380 g/mol. The molecule has 0 spiro atoms. The summed E-state index contributed by atoms with van der Waals surface area (Å²) in [5.74, 6) is 2.44. The normalized spacial score (nSPS) is 10.8. The van der Waals surface area contributed by atoms with Crippen LogP contribution < -0.4 is 14.2 Å². The Labute approximate surface area is 174 Å². The summed E-state index contributed by atoms with van der Waals surface area (Å²) in [5.41, 5.74) is 3.99. The number of benzene rings is 2. The molecule has 0 saturated carbocycles. The van der Waals surface area contributed by atoms with Crippen LogP contribution in [0.4, 0.5) is 0 Å². The van der Waals surface area contributed by atoms with E-state index in [2.05, 4.69) is 9.97 Å². The van der Waals surface area contributed by atoms with Gasteiger partial charge in [-0.25, -0.2) is 4.98 Å². The lowest BCUT2D eigenvalue weighted by molar-refractivity contribution is 0.282. The molecule has 4 aromatic rings. The first-order valence-corrected chi connectivity index (χ1v) is 9.49. The van der Waals surface area contributed by atoms with Crippen molar-refractivity contribution in [3.63, 3.8) is 0 Å². The van der Waals surface area contributed by atoms with E-state index in [9.17, 15) is 5.11 Å². The van der Waals surface area contributed by atoms with Gasteiger partial charge < -0.3 is 19.3 Å². The molecule has 4 rings (SSSR count). The maximum atomic E-state index is 9.50. The highest BCUT2D eigenvalue weighted by atomic mass is 16.5. The quantitative estimate of drug-likeness (QED) is 0.494. The first kappa shape index (κ1) is 19.7. The molecule has 2 heterocycles. The van der Waals surface area contributed by atoms with E-state index >= 15 is 0 Å². The van der Waals surface area contributed by atoms with Crippen molar-refractivity contribution >= 4 is 10.9 Å². The highest BCUT2D eigenvalue weighted by molar-refractivity contribution is 5.88. The molecular formula is C24H22N2O4. The number of aliphatic hydroxyl groups excluding tert-OH is 1. The van der Waals surface area contributed by atoms with Crippen LogP contribution in [0.15, 0.2) is 60.8 Å². The molecule has 0 radical (unpaired) electrons. The molecule has 0 atom stereocenters. The Balaban J connectivity index is 1.83. The van der Waals surface area contributed by atoms with Crippen LogP contribution in [0, 0.1) is 6.92 Å². The first-order chi connectivity index (χ1) is 14.6. The zero-order chi connectivity index (χ0) is 21.1. The second kappa shape index (κ2) is 8.39. The van der Waals surface area contributed by atoms with Crippen molar-refractivity contribution in [2.24, 2.45) is 0 Å². The minimum absolute atomic E-state index is 0.0353. The molecule has 0 fully saturated rings. The summed E-state index contributed by atoms with van der Waals surface area (Å²) in [6.07, 6.45) is 1.69. The fourth-order valence-corrected chi connectivity index (χ4v) is 3.31. The molecule has 0 amide bonds. The smallest absolute Gasteiger partial charge is 0.162 e. The topological polar surface area (TPSA) is 73.7 Å². The monoisotopic (exact) mass is 402 g/mol. The standard InChI is InChI=1S/C24H22N2O4/c1-15-7-8-21(24(26-15)17-6-4-5-16(11-17)14-27)30-20-9-10-25-19-13-23(29-3)22(28-2)12-18(19)20/h4-13,27H,14H2,1-3H3. The summed E-state index contributed by atoms with van der Waals surface area (Å²) in [7, 11) is 3.19. The maximum absolute atomic E-state index is 9.50. The van der Waals surface area contributed by atoms with Crippen molar-refractivity contribution in [3.8, 4) is 34.3 Å². The van der Waals surface area contributed by atoms with Crippen molar-refractivity contribution < 1.29 is 19.3 Å². The Hall–Kier alpha value is -3.64. The number of rotatable bonds is 6. The molecule has 0 aliphatic carbocycles. The lowest BCUT2D eigenvalue weighted by Crippen LogP contribution is -1.96. The van der Waals surface area contributed by atoms with Crippen LogP contribution in [-0.4, -0.2) is 29.3 Å². The van der Waals surface area contributed by atoms with Crippen molar-refractivity contribution in [2.75, 3.05) is 14.2 Å². The van der Waals surface area contributed by atoms with Gasteiger partial charge in [-0.15, -0.1) is 0 Å². The van der Waals surface area contributed by atoms with Crippen molar-refractivity contribution in [3.05, 3.63) is 72.1 Å². The first-order valence-electron chi connectivity index (χ1n) is 9.49. The van der Waals surface area contributed by atoms with E-state index in [-0.39, 0.29) is 6.61 Å². The lowest BCUT2D eigenvalue weighted by Gasteiger charge is -2.15. The Morgan fingerprint density at radius 2 is 1.67 bits per heavy atom. The fourth-order valence-electron chi connectivity index (χ4n) is 3.31. The van der Waals surface area contributed by atoms with Crippen LogP contribution in [0.3, 0.4) is 0 Å². The second-order valence-corrected chi connectivity index (χ2v) is 6.79. The number of nitrogens with zero attached hydrogens (tertiary/aromatic N) is 2. The number of methoxy groups -OCH3 is 2.